The van der Waals surface area contributed by atoms with Crippen LogP contribution in [0.2, 0.25) is 0 Å². The normalized spacial score (nSPS) is 11.5. The highest BCUT2D eigenvalue weighted by molar-refractivity contribution is 5.75. The van der Waals surface area contributed by atoms with Crippen molar-refractivity contribution in [3.05, 3.63) is 89.0 Å². The molecule has 4 heteroatoms. The molecule has 1 N–H and O–H groups in total. The molecule has 1 atom stereocenters. The molecule has 1 aromatic heterocycles. The van der Waals surface area contributed by atoms with E-state index < -0.39 is 11.9 Å². The second kappa shape index (κ2) is 7.71. The summed E-state index contributed by atoms with van der Waals surface area (Å²) < 4.78 is 2.04. The van der Waals surface area contributed by atoms with Crippen LogP contribution in [-0.2, 0) is 11.3 Å². The number of aryl methyl sites for hydroxylation is 1. The van der Waals surface area contributed by atoms with E-state index in [0.29, 0.717) is 0 Å². The van der Waals surface area contributed by atoms with Gasteiger partial charge in [-0.15, -0.1) is 0 Å². The van der Waals surface area contributed by atoms with Gasteiger partial charge in [-0.3, -0.25) is 4.79 Å². The molecule has 0 aliphatic carbocycles. The maximum atomic E-state index is 11.0. The number of carbonyl (C=O) groups is 1. The molecule has 0 saturated heterocycles. The van der Waals surface area contributed by atoms with Gasteiger partial charge in [0.05, 0.1) is 12.2 Å². The zero-order valence-electron chi connectivity index (χ0n) is 14.8. The van der Waals surface area contributed by atoms with Crippen LogP contribution in [0.1, 0.15) is 40.7 Å². The highest BCUT2D eigenvalue weighted by Crippen LogP contribution is 2.16. The van der Waals surface area contributed by atoms with Crippen LogP contribution in [0.25, 0.3) is 0 Å². The first kappa shape index (κ1) is 17.5. The molecular weight excluding hydrogens is 324 g/mol. The molecule has 3 aromatic rings. The minimum Gasteiger partial charge on any atom is -0.481 e. The van der Waals surface area contributed by atoms with Crippen molar-refractivity contribution in [1.82, 2.24) is 9.55 Å². The number of carboxylic acid groups (broad SMARTS) is 1. The van der Waals surface area contributed by atoms with Crippen molar-refractivity contribution in [2.75, 3.05) is 0 Å². The number of hydrogen-bond acceptors (Lipinski definition) is 2. The minimum absolute atomic E-state index is 0.511. The Balaban J connectivity index is 1.73. The van der Waals surface area contributed by atoms with Crippen molar-refractivity contribution in [1.29, 1.82) is 0 Å². The number of aliphatic carboxylic acids is 1. The number of aromatic nitrogens is 2. The van der Waals surface area contributed by atoms with Gasteiger partial charge in [0.1, 0.15) is 0 Å². The van der Waals surface area contributed by atoms with E-state index in [4.69, 9.17) is 5.11 Å². The van der Waals surface area contributed by atoms with E-state index >= 15 is 0 Å². The molecule has 0 radical (unpaired) electrons. The number of carboxylic acids is 1. The zero-order valence-corrected chi connectivity index (χ0v) is 14.8. The molecule has 0 bridgehead atoms. The average Bonchev–Trinajstić information content (AvgIpc) is 3.15. The molecule has 3 rings (SSSR count). The first-order chi connectivity index (χ1) is 12.5. The standard InChI is InChI=1S/C22H20N2O2/c1-16-13-19(7-10-21(16)14-24-12-11-23-15-24)4-3-18-5-8-20(9-6-18)17(2)22(25)26/h5-13,15,17H,14H2,1-2H3,(H,25,26). The molecular formula is C22H20N2O2. The largest absolute Gasteiger partial charge is 0.481 e. The summed E-state index contributed by atoms with van der Waals surface area (Å²) in [5.74, 6) is 4.97. The quantitative estimate of drug-likeness (QED) is 0.732. The van der Waals surface area contributed by atoms with Crippen LogP contribution >= 0.6 is 0 Å². The summed E-state index contributed by atoms with van der Waals surface area (Å²) in [4.78, 5) is 15.1. The van der Waals surface area contributed by atoms with Gasteiger partial charge >= 0.3 is 5.97 Å². The summed E-state index contributed by atoms with van der Waals surface area (Å²) >= 11 is 0. The van der Waals surface area contributed by atoms with E-state index in [1.165, 1.54) is 11.1 Å². The fourth-order valence-electron chi connectivity index (χ4n) is 2.67. The van der Waals surface area contributed by atoms with Crippen molar-refractivity contribution in [2.45, 2.75) is 26.3 Å². The molecule has 0 fully saturated rings. The van der Waals surface area contributed by atoms with E-state index in [1.54, 1.807) is 13.1 Å². The fraction of sp³-hybridized carbons (Fsp3) is 0.182. The Morgan fingerprint density at radius 1 is 1.15 bits per heavy atom. The number of rotatable bonds is 4. The van der Waals surface area contributed by atoms with E-state index in [1.807, 2.05) is 47.4 Å². The lowest BCUT2D eigenvalue weighted by atomic mass is 10.00. The Labute approximate surface area is 153 Å². The summed E-state index contributed by atoms with van der Waals surface area (Å²) in [5.41, 5.74) is 5.03. The first-order valence-corrected chi connectivity index (χ1v) is 8.43. The molecule has 0 aliphatic rings. The number of hydrogen-bond donors (Lipinski definition) is 1. The Bertz CT molecular complexity index is 962. The maximum Gasteiger partial charge on any atom is 0.310 e. The molecule has 0 amide bonds. The third kappa shape index (κ3) is 4.20. The van der Waals surface area contributed by atoms with E-state index in [9.17, 15) is 4.79 Å². The number of benzene rings is 2. The van der Waals surface area contributed by atoms with Crippen LogP contribution in [-0.4, -0.2) is 20.6 Å². The summed E-state index contributed by atoms with van der Waals surface area (Å²) in [6.45, 7) is 4.55. The highest BCUT2D eigenvalue weighted by Gasteiger charge is 2.12. The smallest absolute Gasteiger partial charge is 0.310 e. The average molecular weight is 344 g/mol. The lowest BCUT2D eigenvalue weighted by molar-refractivity contribution is -0.138. The van der Waals surface area contributed by atoms with Crippen molar-refractivity contribution in [2.24, 2.45) is 0 Å². The summed E-state index contributed by atoms with van der Waals surface area (Å²) in [6, 6.07) is 13.6. The second-order valence-corrected chi connectivity index (χ2v) is 6.31. The molecule has 1 heterocycles. The lowest BCUT2D eigenvalue weighted by Gasteiger charge is -2.07. The van der Waals surface area contributed by atoms with Crippen molar-refractivity contribution >= 4 is 5.97 Å². The van der Waals surface area contributed by atoms with Crippen LogP contribution in [0.15, 0.2) is 61.2 Å². The Kier molecular flexibility index (Phi) is 5.19. The summed E-state index contributed by atoms with van der Waals surface area (Å²) in [6.07, 6.45) is 5.53. The Hall–Kier alpha value is -3.32. The van der Waals surface area contributed by atoms with E-state index in [-0.39, 0.29) is 0 Å². The van der Waals surface area contributed by atoms with E-state index in [2.05, 4.69) is 35.9 Å². The zero-order chi connectivity index (χ0) is 18.5. The highest BCUT2D eigenvalue weighted by atomic mass is 16.4. The lowest BCUT2D eigenvalue weighted by Crippen LogP contribution is -2.06. The van der Waals surface area contributed by atoms with Gasteiger partial charge in [0.2, 0.25) is 0 Å². The third-order valence-corrected chi connectivity index (χ3v) is 4.39. The molecule has 26 heavy (non-hydrogen) atoms. The van der Waals surface area contributed by atoms with Crippen molar-refractivity contribution in [3.63, 3.8) is 0 Å². The fourth-order valence-corrected chi connectivity index (χ4v) is 2.67. The first-order valence-electron chi connectivity index (χ1n) is 8.43. The van der Waals surface area contributed by atoms with Gasteiger partial charge in [0, 0.05) is 30.1 Å². The predicted octanol–water partition coefficient (Wildman–Crippen LogP) is 3.83. The van der Waals surface area contributed by atoms with Crippen LogP contribution in [0.5, 0.6) is 0 Å². The molecule has 2 aromatic carbocycles. The Morgan fingerprint density at radius 2 is 1.85 bits per heavy atom. The maximum absolute atomic E-state index is 11.0. The summed E-state index contributed by atoms with van der Waals surface area (Å²) in [5, 5.41) is 9.05. The van der Waals surface area contributed by atoms with Crippen molar-refractivity contribution < 1.29 is 9.90 Å². The predicted molar refractivity (Wildman–Crippen MR) is 101 cm³/mol. The minimum atomic E-state index is -0.824. The molecule has 1 unspecified atom stereocenters. The van der Waals surface area contributed by atoms with Crippen LogP contribution in [0, 0.1) is 18.8 Å². The van der Waals surface area contributed by atoms with Gasteiger partial charge in [-0.05, 0) is 54.8 Å². The van der Waals surface area contributed by atoms with Gasteiger partial charge in [-0.2, -0.15) is 0 Å². The molecule has 4 nitrogen and oxygen atoms in total. The van der Waals surface area contributed by atoms with Crippen LogP contribution in [0.4, 0.5) is 0 Å². The monoisotopic (exact) mass is 344 g/mol. The second-order valence-electron chi connectivity index (χ2n) is 6.31. The van der Waals surface area contributed by atoms with Gasteiger partial charge in [-0.1, -0.05) is 30.0 Å². The summed E-state index contributed by atoms with van der Waals surface area (Å²) in [7, 11) is 0. The molecule has 0 spiro atoms. The third-order valence-electron chi connectivity index (χ3n) is 4.39. The van der Waals surface area contributed by atoms with Crippen molar-refractivity contribution in [3.8, 4) is 11.8 Å². The van der Waals surface area contributed by atoms with Crippen LogP contribution in [0.3, 0.4) is 0 Å². The SMILES string of the molecule is Cc1cc(C#Cc2ccc(C(C)C(=O)O)cc2)ccc1Cn1ccnc1. The van der Waals surface area contributed by atoms with Crippen LogP contribution < -0.4 is 0 Å². The Morgan fingerprint density at radius 3 is 2.46 bits per heavy atom. The van der Waals surface area contributed by atoms with Gasteiger partial charge in [0.25, 0.3) is 0 Å². The number of nitrogens with zero attached hydrogens (tertiary/aromatic N) is 2. The van der Waals surface area contributed by atoms with Gasteiger partial charge in [-0.25, -0.2) is 4.98 Å². The topological polar surface area (TPSA) is 55.1 Å². The molecule has 130 valence electrons. The molecule has 0 saturated carbocycles. The van der Waals surface area contributed by atoms with E-state index in [0.717, 1.165) is 23.2 Å². The van der Waals surface area contributed by atoms with Gasteiger partial charge in [0.15, 0.2) is 0 Å². The van der Waals surface area contributed by atoms with Gasteiger partial charge < -0.3 is 9.67 Å². The number of imidazole rings is 1. The molecule has 0 aliphatic heterocycles.